The molecule has 0 spiro atoms. The van der Waals surface area contributed by atoms with Gasteiger partial charge in [0.15, 0.2) is 11.5 Å². The number of aromatic amines is 1. The lowest BCUT2D eigenvalue weighted by Crippen LogP contribution is -2.41. The lowest BCUT2D eigenvalue weighted by molar-refractivity contribution is 0.0505. The van der Waals surface area contributed by atoms with E-state index < -0.39 is 6.10 Å². The van der Waals surface area contributed by atoms with Gasteiger partial charge in [0.2, 0.25) is 0 Å². The molecule has 3 aromatic rings. The number of likely N-dealkylation sites (tertiary alicyclic amines) is 1. The number of benzene rings is 2. The van der Waals surface area contributed by atoms with Crippen LogP contribution in [0.5, 0.6) is 17.2 Å². The fourth-order valence-electron chi connectivity index (χ4n) is 3.84. The first-order chi connectivity index (χ1) is 14.2. The number of fused-ring (bicyclic) bond motifs is 1. The van der Waals surface area contributed by atoms with E-state index in [1.165, 1.54) is 0 Å². The van der Waals surface area contributed by atoms with Gasteiger partial charge in [0.25, 0.3) is 0 Å². The van der Waals surface area contributed by atoms with Crippen molar-refractivity contribution in [2.24, 2.45) is 5.92 Å². The summed E-state index contributed by atoms with van der Waals surface area (Å²) in [6, 6.07) is 14.9. The van der Waals surface area contributed by atoms with Gasteiger partial charge in [0.05, 0.1) is 6.61 Å². The van der Waals surface area contributed by atoms with Crippen LogP contribution in [0.15, 0.2) is 54.7 Å². The Labute approximate surface area is 170 Å². The first-order valence-corrected chi connectivity index (χ1v) is 10.2. The molecular weight excluding hydrogens is 368 g/mol. The molecule has 4 rings (SSSR count). The van der Waals surface area contributed by atoms with Crippen molar-refractivity contribution in [1.82, 2.24) is 9.88 Å². The van der Waals surface area contributed by atoms with Crippen LogP contribution in [0.3, 0.4) is 0 Å². The minimum absolute atomic E-state index is 0.184. The summed E-state index contributed by atoms with van der Waals surface area (Å²) in [6.45, 7) is 3.35. The SMILES string of the molecule is Oc1ccccc1OCC1CCN(CC(O)COc2cccc3[nH]ccc23)CC1. The highest BCUT2D eigenvalue weighted by Gasteiger charge is 2.22. The van der Waals surface area contributed by atoms with Crippen molar-refractivity contribution < 1.29 is 19.7 Å². The van der Waals surface area contributed by atoms with E-state index in [4.69, 9.17) is 9.47 Å². The molecule has 1 aliphatic rings. The van der Waals surface area contributed by atoms with E-state index >= 15 is 0 Å². The molecule has 0 bridgehead atoms. The Hall–Kier alpha value is -2.70. The van der Waals surface area contributed by atoms with E-state index in [9.17, 15) is 10.2 Å². The number of aromatic hydroxyl groups is 1. The Balaban J connectivity index is 1.18. The summed E-state index contributed by atoms with van der Waals surface area (Å²) in [5.74, 6) is 1.98. The number of aromatic nitrogens is 1. The lowest BCUT2D eigenvalue weighted by atomic mass is 9.97. The number of aliphatic hydroxyl groups excluding tert-OH is 1. The highest BCUT2D eigenvalue weighted by Crippen LogP contribution is 2.27. The largest absolute Gasteiger partial charge is 0.504 e. The molecule has 1 aliphatic heterocycles. The van der Waals surface area contributed by atoms with Crippen molar-refractivity contribution in [3.63, 3.8) is 0 Å². The van der Waals surface area contributed by atoms with Crippen molar-refractivity contribution in [2.75, 3.05) is 32.8 Å². The second kappa shape index (κ2) is 9.20. The average Bonchev–Trinajstić information content (AvgIpc) is 3.22. The van der Waals surface area contributed by atoms with Gasteiger partial charge in [-0.25, -0.2) is 0 Å². The quantitative estimate of drug-likeness (QED) is 0.544. The summed E-state index contributed by atoms with van der Waals surface area (Å²) in [7, 11) is 0. The van der Waals surface area contributed by atoms with Gasteiger partial charge in [-0.2, -0.15) is 0 Å². The molecule has 1 unspecified atom stereocenters. The molecule has 3 N–H and O–H groups in total. The number of β-amino-alcohol motifs (C(OH)–C–C–N with tert-alkyl or cyclic N) is 1. The monoisotopic (exact) mass is 396 g/mol. The predicted octanol–water partition coefficient (Wildman–Crippen LogP) is 3.40. The Morgan fingerprint density at radius 2 is 1.79 bits per heavy atom. The molecular formula is C23H28N2O4. The Morgan fingerprint density at radius 1 is 1.00 bits per heavy atom. The zero-order chi connectivity index (χ0) is 20.1. The van der Waals surface area contributed by atoms with Crippen LogP contribution in [0.25, 0.3) is 10.9 Å². The summed E-state index contributed by atoms with van der Waals surface area (Å²) < 4.78 is 11.6. The first kappa shape index (κ1) is 19.6. The van der Waals surface area contributed by atoms with Gasteiger partial charge >= 0.3 is 0 Å². The molecule has 1 fully saturated rings. The van der Waals surface area contributed by atoms with E-state index in [1.54, 1.807) is 18.2 Å². The van der Waals surface area contributed by atoms with Gasteiger partial charge < -0.3 is 29.6 Å². The van der Waals surface area contributed by atoms with Crippen molar-refractivity contribution in [3.05, 3.63) is 54.7 Å². The van der Waals surface area contributed by atoms with Crippen LogP contribution in [0, 0.1) is 5.92 Å². The summed E-state index contributed by atoms with van der Waals surface area (Å²) >= 11 is 0. The van der Waals surface area contributed by atoms with Crippen LogP contribution in [0.1, 0.15) is 12.8 Å². The molecule has 0 saturated carbocycles. The zero-order valence-electron chi connectivity index (χ0n) is 16.5. The fourth-order valence-corrected chi connectivity index (χ4v) is 3.84. The minimum Gasteiger partial charge on any atom is -0.504 e. The highest BCUT2D eigenvalue weighted by atomic mass is 16.5. The van der Waals surface area contributed by atoms with Crippen molar-refractivity contribution in [1.29, 1.82) is 0 Å². The maximum Gasteiger partial charge on any atom is 0.160 e. The number of ether oxygens (including phenoxy) is 2. The topological polar surface area (TPSA) is 78.0 Å². The van der Waals surface area contributed by atoms with E-state index in [1.807, 2.05) is 36.5 Å². The van der Waals surface area contributed by atoms with Crippen molar-refractivity contribution in [3.8, 4) is 17.2 Å². The molecule has 2 aromatic carbocycles. The summed E-state index contributed by atoms with van der Waals surface area (Å²) in [6.07, 6.45) is 3.40. The molecule has 1 saturated heterocycles. The average molecular weight is 396 g/mol. The van der Waals surface area contributed by atoms with Gasteiger partial charge in [-0.05, 0) is 62.2 Å². The molecule has 6 nitrogen and oxygen atoms in total. The molecule has 1 aromatic heterocycles. The third kappa shape index (κ3) is 5.02. The Kier molecular flexibility index (Phi) is 6.22. The standard InChI is InChI=1S/C23H28N2O4/c26-18(16-29-22-7-3-4-20-19(22)8-11-24-20)14-25-12-9-17(10-13-25)15-28-23-6-2-1-5-21(23)27/h1-8,11,17-18,24,26-27H,9-10,12-16H2. The number of nitrogens with one attached hydrogen (secondary N) is 1. The third-order valence-corrected chi connectivity index (χ3v) is 5.50. The second-order valence-electron chi connectivity index (χ2n) is 7.68. The summed E-state index contributed by atoms with van der Waals surface area (Å²) in [4.78, 5) is 5.45. The maximum atomic E-state index is 10.4. The van der Waals surface area contributed by atoms with Crippen LogP contribution in [-0.2, 0) is 0 Å². The van der Waals surface area contributed by atoms with Crippen LogP contribution in [-0.4, -0.2) is 59.0 Å². The number of para-hydroxylation sites is 2. The molecule has 0 radical (unpaired) electrons. The van der Waals surface area contributed by atoms with Gasteiger partial charge in [0.1, 0.15) is 18.5 Å². The minimum atomic E-state index is -0.529. The maximum absolute atomic E-state index is 10.4. The van der Waals surface area contributed by atoms with E-state index in [0.717, 1.165) is 42.6 Å². The number of phenolic OH excluding ortho intramolecular Hbond substituents is 1. The van der Waals surface area contributed by atoms with Gasteiger partial charge in [-0.15, -0.1) is 0 Å². The first-order valence-electron chi connectivity index (χ1n) is 10.2. The lowest BCUT2D eigenvalue weighted by Gasteiger charge is -2.33. The van der Waals surface area contributed by atoms with Crippen LogP contribution >= 0.6 is 0 Å². The molecule has 1 atom stereocenters. The number of hydrogen-bond acceptors (Lipinski definition) is 5. The molecule has 2 heterocycles. The Morgan fingerprint density at radius 3 is 2.62 bits per heavy atom. The molecule has 29 heavy (non-hydrogen) atoms. The zero-order valence-corrected chi connectivity index (χ0v) is 16.5. The van der Waals surface area contributed by atoms with Gasteiger partial charge in [-0.1, -0.05) is 18.2 Å². The number of hydrogen-bond donors (Lipinski definition) is 3. The third-order valence-electron chi connectivity index (χ3n) is 5.50. The fraction of sp³-hybridized carbons (Fsp3) is 0.391. The van der Waals surface area contributed by atoms with Crippen molar-refractivity contribution in [2.45, 2.75) is 18.9 Å². The number of aliphatic hydroxyl groups is 1. The highest BCUT2D eigenvalue weighted by molar-refractivity contribution is 5.85. The smallest absolute Gasteiger partial charge is 0.160 e. The van der Waals surface area contributed by atoms with Crippen molar-refractivity contribution >= 4 is 10.9 Å². The van der Waals surface area contributed by atoms with Crippen LogP contribution < -0.4 is 9.47 Å². The molecule has 0 aliphatic carbocycles. The molecule has 0 amide bonds. The number of phenols is 1. The Bertz CT molecular complexity index is 918. The van der Waals surface area contributed by atoms with E-state index in [0.29, 0.717) is 24.8 Å². The van der Waals surface area contributed by atoms with Gasteiger partial charge in [0, 0.05) is 23.6 Å². The summed E-state index contributed by atoms with van der Waals surface area (Å²) in [5, 5.41) is 21.2. The number of piperidine rings is 1. The number of H-pyrrole nitrogens is 1. The number of rotatable bonds is 8. The van der Waals surface area contributed by atoms with E-state index in [-0.39, 0.29) is 12.4 Å². The molecule has 154 valence electrons. The summed E-state index contributed by atoms with van der Waals surface area (Å²) in [5.41, 5.74) is 1.03. The second-order valence-corrected chi connectivity index (χ2v) is 7.68. The molecule has 6 heteroatoms. The van der Waals surface area contributed by atoms with Crippen LogP contribution in [0.2, 0.25) is 0 Å². The van der Waals surface area contributed by atoms with E-state index in [2.05, 4.69) is 9.88 Å². The predicted molar refractivity (Wildman–Crippen MR) is 113 cm³/mol. The van der Waals surface area contributed by atoms with Gasteiger partial charge in [-0.3, -0.25) is 0 Å². The van der Waals surface area contributed by atoms with Crippen LogP contribution in [0.4, 0.5) is 0 Å². The number of nitrogens with zero attached hydrogens (tertiary/aromatic N) is 1. The normalized spacial score (nSPS) is 16.7.